The number of hydrogen-bond acceptors (Lipinski definition) is 7. The molecule has 0 saturated carbocycles. The first-order chi connectivity index (χ1) is 19.2. The Balaban J connectivity index is 0.000000276. The van der Waals surface area contributed by atoms with Gasteiger partial charge < -0.3 is 24.7 Å². The maximum atomic E-state index is 12.7. The molecule has 0 aliphatic carbocycles. The summed E-state index contributed by atoms with van der Waals surface area (Å²) in [6, 6.07) is 16.9. The molecule has 216 valence electrons. The molecule has 16 heteroatoms. The second-order valence-electron chi connectivity index (χ2n) is 7.89. The van der Waals surface area contributed by atoms with Gasteiger partial charge in [-0.1, -0.05) is 18.2 Å². The van der Waals surface area contributed by atoms with Crippen molar-refractivity contribution < 1.29 is 55.6 Å². The number of halogens is 6. The zero-order chi connectivity index (χ0) is 30.4. The number of aliphatic carboxylic acids is 2. The average Bonchev–Trinajstić information content (AvgIpc) is 2.92. The lowest BCUT2D eigenvalue weighted by molar-refractivity contribution is -0.193. The van der Waals surface area contributed by atoms with Crippen molar-refractivity contribution >= 4 is 22.8 Å². The first-order valence-electron chi connectivity index (χ1n) is 11.1. The van der Waals surface area contributed by atoms with Crippen LogP contribution in [0.1, 0.15) is 11.9 Å². The first kappa shape index (κ1) is 30.4. The van der Waals surface area contributed by atoms with Crippen LogP contribution in [0.3, 0.4) is 0 Å². The predicted molar refractivity (Wildman–Crippen MR) is 128 cm³/mol. The van der Waals surface area contributed by atoms with E-state index in [4.69, 9.17) is 29.3 Å². The highest BCUT2D eigenvalue weighted by molar-refractivity contribution is 5.83. The van der Waals surface area contributed by atoms with Crippen LogP contribution in [-0.4, -0.2) is 56.1 Å². The number of carboxylic acid groups (broad SMARTS) is 2. The molecule has 0 bridgehead atoms. The molecule has 1 unspecified atom stereocenters. The van der Waals surface area contributed by atoms with Crippen molar-refractivity contribution in [3.8, 4) is 22.6 Å². The smallest absolute Gasteiger partial charge is 0.485 e. The summed E-state index contributed by atoms with van der Waals surface area (Å²) in [6.45, 7) is 0.292. The second-order valence-corrected chi connectivity index (χ2v) is 7.89. The van der Waals surface area contributed by atoms with Crippen molar-refractivity contribution in [2.24, 2.45) is 0 Å². The Morgan fingerprint density at radius 1 is 0.854 bits per heavy atom. The number of aromatic nitrogens is 3. The molecule has 2 aromatic carbocycles. The quantitative estimate of drug-likeness (QED) is 0.283. The molecular weight excluding hydrogens is 568 g/mol. The van der Waals surface area contributed by atoms with Crippen LogP contribution >= 0.6 is 0 Å². The van der Waals surface area contributed by atoms with Crippen molar-refractivity contribution in [3.05, 3.63) is 83.2 Å². The Bertz CT molecular complexity index is 1570. The molecular formula is C25H17F6N3O7. The summed E-state index contributed by atoms with van der Waals surface area (Å²) < 4.78 is 75.1. The monoisotopic (exact) mass is 585 g/mol. The molecule has 2 aromatic heterocycles. The van der Waals surface area contributed by atoms with Crippen LogP contribution in [-0.2, 0) is 9.59 Å². The van der Waals surface area contributed by atoms with Crippen molar-refractivity contribution in [2.75, 3.05) is 6.61 Å². The third-order valence-electron chi connectivity index (χ3n) is 5.04. The van der Waals surface area contributed by atoms with Gasteiger partial charge in [-0.15, -0.1) is 0 Å². The van der Waals surface area contributed by atoms with Crippen LogP contribution in [0.15, 0.2) is 71.8 Å². The Morgan fingerprint density at radius 3 is 1.98 bits per heavy atom. The third-order valence-corrected chi connectivity index (χ3v) is 5.04. The number of benzene rings is 2. The number of hydrogen-bond donors (Lipinski definition) is 3. The van der Waals surface area contributed by atoms with E-state index in [2.05, 4.69) is 15.0 Å². The Hall–Kier alpha value is -5.15. The summed E-state index contributed by atoms with van der Waals surface area (Å²) in [4.78, 5) is 41.9. The second kappa shape index (κ2) is 12.4. The number of aromatic amines is 1. The molecule has 3 heterocycles. The molecule has 0 fully saturated rings. The first-order valence-corrected chi connectivity index (χ1v) is 11.1. The third kappa shape index (κ3) is 8.17. The van der Waals surface area contributed by atoms with E-state index in [0.29, 0.717) is 34.8 Å². The Kier molecular flexibility index (Phi) is 9.16. The zero-order valence-corrected chi connectivity index (χ0v) is 20.2. The fourth-order valence-electron chi connectivity index (χ4n) is 3.19. The van der Waals surface area contributed by atoms with Crippen LogP contribution < -0.4 is 15.0 Å². The number of para-hydroxylation sites is 2. The molecule has 0 saturated heterocycles. The highest BCUT2D eigenvalue weighted by atomic mass is 19.4. The highest BCUT2D eigenvalue weighted by Crippen LogP contribution is 2.35. The van der Waals surface area contributed by atoms with Gasteiger partial charge in [0.1, 0.15) is 6.61 Å². The molecule has 1 aliphatic heterocycles. The van der Waals surface area contributed by atoms with E-state index in [0.717, 1.165) is 11.1 Å². The van der Waals surface area contributed by atoms with E-state index in [-0.39, 0.29) is 5.56 Å². The van der Waals surface area contributed by atoms with Gasteiger partial charge in [-0.2, -0.15) is 26.3 Å². The topological polar surface area (TPSA) is 152 Å². The number of rotatable bonds is 2. The molecule has 3 N–H and O–H groups in total. The molecule has 0 radical (unpaired) electrons. The van der Waals surface area contributed by atoms with Gasteiger partial charge in [0, 0.05) is 12.4 Å². The number of fused-ring (bicyclic) bond motifs is 2. The summed E-state index contributed by atoms with van der Waals surface area (Å²) in [7, 11) is 0. The molecule has 4 aromatic rings. The van der Waals surface area contributed by atoms with E-state index < -0.39 is 30.4 Å². The van der Waals surface area contributed by atoms with Gasteiger partial charge in [0.2, 0.25) is 0 Å². The van der Waals surface area contributed by atoms with Crippen LogP contribution in [0.5, 0.6) is 11.5 Å². The summed E-state index contributed by atoms with van der Waals surface area (Å²) >= 11 is 0. The molecule has 41 heavy (non-hydrogen) atoms. The van der Waals surface area contributed by atoms with Gasteiger partial charge in [-0.3, -0.25) is 9.78 Å². The minimum atomic E-state index is -5.08. The molecule has 10 nitrogen and oxygen atoms in total. The van der Waals surface area contributed by atoms with E-state index in [1.54, 1.807) is 12.4 Å². The minimum Gasteiger partial charge on any atom is -0.485 e. The number of carboxylic acids is 2. The summed E-state index contributed by atoms with van der Waals surface area (Å²) in [6.07, 6.45) is -7.18. The van der Waals surface area contributed by atoms with Crippen molar-refractivity contribution in [1.29, 1.82) is 0 Å². The summed E-state index contributed by atoms with van der Waals surface area (Å²) in [5.41, 5.74) is 2.36. The van der Waals surface area contributed by atoms with Crippen LogP contribution in [0, 0.1) is 0 Å². The molecule has 5 rings (SSSR count). The normalized spacial score (nSPS) is 14.1. The van der Waals surface area contributed by atoms with Gasteiger partial charge in [-0.25, -0.2) is 14.6 Å². The largest absolute Gasteiger partial charge is 0.490 e. The molecule has 1 aliphatic rings. The number of nitrogens with one attached hydrogen (secondary N) is 1. The summed E-state index contributed by atoms with van der Waals surface area (Å²) in [5.74, 6) is -3.72. The molecule has 1 atom stereocenters. The summed E-state index contributed by atoms with van der Waals surface area (Å²) in [5, 5.41) is 14.8. The zero-order valence-electron chi connectivity index (χ0n) is 20.2. The van der Waals surface area contributed by atoms with E-state index in [1.165, 1.54) is 0 Å². The van der Waals surface area contributed by atoms with E-state index in [9.17, 15) is 31.1 Å². The van der Waals surface area contributed by atoms with Crippen LogP contribution in [0.4, 0.5) is 26.3 Å². The van der Waals surface area contributed by atoms with Gasteiger partial charge in [0.05, 0.1) is 10.9 Å². The van der Waals surface area contributed by atoms with Crippen LogP contribution in [0.2, 0.25) is 0 Å². The fraction of sp³-hybridized carbons (Fsp3) is 0.160. The van der Waals surface area contributed by atoms with Crippen molar-refractivity contribution in [2.45, 2.75) is 18.5 Å². The van der Waals surface area contributed by atoms with E-state index >= 15 is 0 Å². The predicted octanol–water partition coefficient (Wildman–Crippen LogP) is 4.76. The number of pyridine rings is 1. The lowest BCUT2D eigenvalue weighted by Gasteiger charge is -2.25. The number of carbonyl (C=O) groups is 2. The van der Waals surface area contributed by atoms with Crippen molar-refractivity contribution in [3.63, 3.8) is 0 Å². The highest BCUT2D eigenvalue weighted by Gasteiger charge is 2.38. The average molecular weight is 585 g/mol. The van der Waals surface area contributed by atoms with Gasteiger partial charge >= 0.3 is 24.3 Å². The lowest BCUT2D eigenvalue weighted by atomic mass is 10.1. The fourth-order valence-corrected chi connectivity index (χ4v) is 3.19. The van der Waals surface area contributed by atoms with Crippen molar-refractivity contribution in [1.82, 2.24) is 15.0 Å². The van der Waals surface area contributed by atoms with Gasteiger partial charge in [0.15, 0.2) is 23.4 Å². The number of alkyl halides is 6. The number of nitrogens with zero attached hydrogens (tertiary/aromatic N) is 2. The Morgan fingerprint density at radius 2 is 1.41 bits per heavy atom. The maximum Gasteiger partial charge on any atom is 0.490 e. The Labute approximate surface area is 224 Å². The minimum absolute atomic E-state index is 0.201. The lowest BCUT2D eigenvalue weighted by Crippen LogP contribution is -2.26. The van der Waals surface area contributed by atoms with E-state index in [1.807, 2.05) is 54.6 Å². The SMILES string of the molecule is O=C(O)C(F)(F)F.O=C(O)C(F)(F)F.O=c1[nH]c(C2COc3ccccc3O2)nc2ccc(-c3ccncc3)cc12. The number of ether oxygens (including phenoxy) is 2. The molecule has 0 amide bonds. The van der Waals surface area contributed by atoms with Crippen LogP contribution in [0.25, 0.3) is 22.0 Å². The maximum absolute atomic E-state index is 12.7. The van der Waals surface area contributed by atoms with Gasteiger partial charge in [0.25, 0.3) is 5.56 Å². The van der Waals surface area contributed by atoms with Gasteiger partial charge in [-0.05, 0) is 47.5 Å². The standard InChI is InChI=1S/C21H15N3O3.2C2HF3O2/c25-21-15-11-14(13-7-9-22-10-8-13)5-6-16(15)23-20(24-21)19-12-26-17-3-1-2-4-18(17)27-19;2*3-2(4,5)1(6)7/h1-11,19H,12H2,(H,23,24,25);2*(H,6,7). The molecule has 0 spiro atoms. The number of H-pyrrole nitrogens is 1.